The smallest absolute Gasteiger partial charge is 0.279 e. The first-order chi connectivity index (χ1) is 13.6. The van der Waals surface area contributed by atoms with Crippen LogP contribution in [0.4, 0.5) is 5.69 Å². The fourth-order valence-electron chi connectivity index (χ4n) is 2.91. The van der Waals surface area contributed by atoms with Gasteiger partial charge in [0.05, 0.1) is 24.6 Å². The van der Waals surface area contributed by atoms with Crippen LogP contribution in [-0.4, -0.2) is 25.4 Å². The Morgan fingerprint density at radius 2 is 1.71 bits per heavy atom. The maximum absolute atomic E-state index is 12.6. The Kier molecular flexibility index (Phi) is 6.59. The molecule has 6 heteroatoms. The van der Waals surface area contributed by atoms with Crippen LogP contribution >= 0.6 is 0 Å². The molecule has 2 amide bonds. The summed E-state index contributed by atoms with van der Waals surface area (Å²) in [4.78, 5) is 26.0. The summed E-state index contributed by atoms with van der Waals surface area (Å²) < 4.78 is 5.31. The number of likely N-dealkylation sites (N-methyl/N-ethyl adjacent to an activating group) is 1. The molecule has 0 fully saturated rings. The number of nitrogens with one attached hydrogen (secondary N) is 3. The summed E-state index contributed by atoms with van der Waals surface area (Å²) >= 11 is 0. The highest BCUT2D eigenvalue weighted by Gasteiger charge is 2.16. The van der Waals surface area contributed by atoms with Crippen molar-refractivity contribution in [3.05, 3.63) is 89.9 Å². The van der Waals surface area contributed by atoms with E-state index < -0.39 is 0 Å². The van der Waals surface area contributed by atoms with Gasteiger partial charge >= 0.3 is 0 Å². The van der Waals surface area contributed by atoms with Gasteiger partial charge in [-0.3, -0.25) is 9.59 Å². The Labute approximate surface area is 164 Å². The molecule has 28 heavy (non-hydrogen) atoms. The van der Waals surface area contributed by atoms with Crippen molar-refractivity contribution in [2.75, 3.05) is 18.9 Å². The number of carbonyl (C=O) groups is 2. The molecule has 0 aliphatic carbocycles. The zero-order chi connectivity index (χ0) is 19.8. The zero-order valence-electron chi connectivity index (χ0n) is 15.8. The molecule has 1 atom stereocenters. The topological polar surface area (TPSA) is 75.8 Å². The van der Waals surface area contributed by atoms with Crippen LogP contribution in [0.3, 0.4) is 0 Å². The molecule has 3 rings (SSSR count). The minimum atomic E-state index is -0.226. The van der Waals surface area contributed by atoms with Crippen LogP contribution in [0.15, 0.2) is 77.4 Å². The van der Waals surface area contributed by atoms with E-state index >= 15 is 0 Å². The number of benzene rings is 2. The molecule has 144 valence electrons. The van der Waals surface area contributed by atoms with Crippen molar-refractivity contribution in [1.82, 2.24) is 5.32 Å². The lowest BCUT2D eigenvalue weighted by Crippen LogP contribution is -3.08. The molecule has 3 aromatic rings. The largest absolute Gasteiger partial charge is 0.463 e. The van der Waals surface area contributed by atoms with E-state index in [-0.39, 0.29) is 18.4 Å². The van der Waals surface area contributed by atoms with Crippen LogP contribution in [0.1, 0.15) is 21.7 Å². The average Bonchev–Trinajstić information content (AvgIpc) is 3.20. The van der Waals surface area contributed by atoms with E-state index in [0.717, 1.165) is 16.2 Å². The molecule has 1 heterocycles. The van der Waals surface area contributed by atoms with Gasteiger partial charge in [-0.1, -0.05) is 42.5 Å². The van der Waals surface area contributed by atoms with Crippen LogP contribution < -0.4 is 15.5 Å². The third kappa shape index (κ3) is 5.56. The predicted octanol–water partition coefficient (Wildman–Crippen LogP) is 1.86. The van der Waals surface area contributed by atoms with E-state index in [1.165, 1.54) is 0 Å². The SMILES string of the molecule is C[NH+](CC(=O)Nc1ccccc1C(=O)NCc1ccccc1)Cc1ccco1. The number of hydrogen-bond donors (Lipinski definition) is 3. The molecule has 1 unspecified atom stereocenters. The van der Waals surface area contributed by atoms with E-state index in [0.29, 0.717) is 24.3 Å². The van der Waals surface area contributed by atoms with Gasteiger partial charge in [0.2, 0.25) is 0 Å². The van der Waals surface area contributed by atoms with E-state index in [4.69, 9.17) is 4.42 Å². The first kappa shape index (κ1) is 19.4. The monoisotopic (exact) mass is 378 g/mol. The van der Waals surface area contributed by atoms with Crippen molar-refractivity contribution < 1.29 is 18.9 Å². The van der Waals surface area contributed by atoms with Gasteiger partial charge in [-0.2, -0.15) is 0 Å². The minimum absolute atomic E-state index is 0.160. The number of anilines is 1. The summed E-state index contributed by atoms with van der Waals surface area (Å²) in [5, 5.41) is 5.74. The minimum Gasteiger partial charge on any atom is -0.463 e. The third-order valence-electron chi connectivity index (χ3n) is 4.26. The first-order valence-corrected chi connectivity index (χ1v) is 9.16. The van der Waals surface area contributed by atoms with Crippen LogP contribution in [0, 0.1) is 0 Å². The van der Waals surface area contributed by atoms with Crippen molar-refractivity contribution in [2.24, 2.45) is 0 Å². The zero-order valence-corrected chi connectivity index (χ0v) is 15.8. The molecule has 3 N–H and O–H groups in total. The molecule has 0 bridgehead atoms. The van der Waals surface area contributed by atoms with Crippen molar-refractivity contribution in [2.45, 2.75) is 13.1 Å². The van der Waals surface area contributed by atoms with Crippen molar-refractivity contribution in [3.63, 3.8) is 0 Å². The number of furan rings is 1. The first-order valence-electron chi connectivity index (χ1n) is 9.16. The van der Waals surface area contributed by atoms with Gasteiger partial charge in [0.15, 0.2) is 12.3 Å². The van der Waals surface area contributed by atoms with Crippen molar-refractivity contribution in [1.29, 1.82) is 0 Å². The summed E-state index contributed by atoms with van der Waals surface area (Å²) in [5.74, 6) is 0.439. The number of para-hydroxylation sites is 1. The lowest BCUT2D eigenvalue weighted by atomic mass is 10.1. The van der Waals surface area contributed by atoms with E-state index in [1.54, 1.807) is 30.5 Å². The fourth-order valence-corrected chi connectivity index (χ4v) is 2.91. The Morgan fingerprint density at radius 1 is 0.964 bits per heavy atom. The quantitative estimate of drug-likeness (QED) is 0.560. The van der Waals surface area contributed by atoms with E-state index in [2.05, 4.69) is 10.6 Å². The molecule has 0 radical (unpaired) electrons. The number of carbonyl (C=O) groups excluding carboxylic acids is 2. The van der Waals surface area contributed by atoms with Crippen LogP contribution in [0.5, 0.6) is 0 Å². The standard InChI is InChI=1S/C22H23N3O3/c1-25(15-18-10-7-13-28-18)16-21(26)24-20-12-6-5-11-19(20)22(27)23-14-17-8-3-2-4-9-17/h2-13H,14-16H2,1H3,(H,23,27)(H,24,26)/p+1. The average molecular weight is 378 g/mol. The van der Waals surface area contributed by atoms with Crippen molar-refractivity contribution >= 4 is 17.5 Å². The highest BCUT2D eigenvalue weighted by atomic mass is 16.3. The molecular formula is C22H24N3O3+. The maximum Gasteiger partial charge on any atom is 0.279 e. The second-order valence-electron chi connectivity index (χ2n) is 6.65. The second-order valence-corrected chi connectivity index (χ2v) is 6.65. The van der Waals surface area contributed by atoms with Gasteiger partial charge in [0.1, 0.15) is 6.54 Å². The van der Waals surface area contributed by atoms with Gasteiger partial charge in [0, 0.05) is 6.54 Å². The molecule has 2 aromatic carbocycles. The van der Waals surface area contributed by atoms with Gasteiger partial charge in [-0.25, -0.2) is 0 Å². The Bertz CT molecular complexity index is 908. The van der Waals surface area contributed by atoms with Gasteiger partial charge < -0.3 is 20.0 Å². The normalized spacial score (nSPS) is 11.6. The van der Waals surface area contributed by atoms with Crippen LogP contribution in [-0.2, 0) is 17.9 Å². The Hall–Kier alpha value is -3.38. The fraction of sp³-hybridized carbons (Fsp3) is 0.182. The number of rotatable bonds is 8. The number of quaternary nitrogens is 1. The maximum atomic E-state index is 12.6. The molecule has 1 aromatic heterocycles. The third-order valence-corrected chi connectivity index (χ3v) is 4.26. The molecule has 0 aliphatic rings. The number of hydrogen-bond acceptors (Lipinski definition) is 3. The molecular weight excluding hydrogens is 354 g/mol. The highest BCUT2D eigenvalue weighted by Crippen LogP contribution is 2.15. The van der Waals surface area contributed by atoms with Crippen LogP contribution in [0.2, 0.25) is 0 Å². The van der Waals surface area contributed by atoms with Gasteiger partial charge in [-0.05, 0) is 29.8 Å². The molecule has 0 saturated heterocycles. The Balaban J connectivity index is 1.58. The summed E-state index contributed by atoms with van der Waals surface area (Å²) in [6.07, 6.45) is 1.62. The molecule has 0 spiro atoms. The van der Waals surface area contributed by atoms with Gasteiger partial charge in [-0.15, -0.1) is 0 Å². The highest BCUT2D eigenvalue weighted by molar-refractivity contribution is 6.03. The van der Waals surface area contributed by atoms with Crippen LogP contribution in [0.25, 0.3) is 0 Å². The molecule has 6 nitrogen and oxygen atoms in total. The summed E-state index contributed by atoms with van der Waals surface area (Å²) in [6.45, 7) is 1.30. The lowest BCUT2D eigenvalue weighted by molar-refractivity contribution is -0.886. The molecule has 0 saturated carbocycles. The summed E-state index contributed by atoms with van der Waals surface area (Å²) in [6, 6.07) is 20.4. The van der Waals surface area contributed by atoms with Gasteiger partial charge in [0.25, 0.3) is 11.8 Å². The lowest BCUT2D eigenvalue weighted by Gasteiger charge is -2.14. The molecule has 0 aliphatic heterocycles. The second kappa shape index (κ2) is 9.53. The predicted molar refractivity (Wildman–Crippen MR) is 107 cm³/mol. The summed E-state index contributed by atoms with van der Waals surface area (Å²) in [7, 11) is 1.92. The number of amides is 2. The van der Waals surface area contributed by atoms with E-state index in [1.807, 2.05) is 49.5 Å². The van der Waals surface area contributed by atoms with E-state index in [9.17, 15) is 9.59 Å². The van der Waals surface area contributed by atoms with Crippen molar-refractivity contribution in [3.8, 4) is 0 Å². The Morgan fingerprint density at radius 3 is 2.46 bits per heavy atom. The summed E-state index contributed by atoms with van der Waals surface area (Å²) in [5.41, 5.74) is 1.96.